The third-order valence-corrected chi connectivity index (χ3v) is 5.60. The van der Waals surface area contributed by atoms with Gasteiger partial charge in [0.05, 0.1) is 32.4 Å². The molecule has 4 rings (SSSR count). The average Bonchev–Trinajstić information content (AvgIpc) is 3.41. The third-order valence-electron chi connectivity index (χ3n) is 5.60. The van der Waals surface area contributed by atoms with E-state index in [2.05, 4.69) is 4.98 Å². The van der Waals surface area contributed by atoms with E-state index >= 15 is 0 Å². The molecule has 3 aromatic rings. The molecule has 0 aliphatic carbocycles. The predicted molar refractivity (Wildman–Crippen MR) is 114 cm³/mol. The molecule has 0 saturated carbocycles. The lowest BCUT2D eigenvalue weighted by atomic mass is 10.0. The van der Waals surface area contributed by atoms with Crippen LogP contribution in [0.4, 0.5) is 0 Å². The maximum absolute atomic E-state index is 13.2. The lowest BCUT2D eigenvalue weighted by Gasteiger charge is -2.26. The lowest BCUT2D eigenvalue weighted by Crippen LogP contribution is -2.32. The number of hydrogen-bond acceptors (Lipinski definition) is 5. The Balaban J connectivity index is 1.55. The second-order valence-corrected chi connectivity index (χ2v) is 7.42. The topological polar surface area (TPSA) is 64.8 Å². The first-order valence-electron chi connectivity index (χ1n) is 10.1. The standard InChI is InChI=1S/C24H26N2O4/c1-16-20(25-24(30-16)17-8-5-4-6-9-17)15-23(27)26-13-7-10-21(26)19-12-11-18(28-2)14-22(19)29-3/h4-6,8-9,11-12,14,21H,7,10,13,15H2,1-3H3/t21-/m1/s1. The number of oxazole rings is 1. The number of aromatic nitrogens is 1. The van der Waals surface area contributed by atoms with Gasteiger partial charge in [-0.15, -0.1) is 0 Å². The Labute approximate surface area is 176 Å². The summed E-state index contributed by atoms with van der Waals surface area (Å²) in [5.41, 5.74) is 2.60. The molecule has 1 fully saturated rings. The minimum atomic E-state index is -0.0147. The largest absolute Gasteiger partial charge is 0.497 e. The predicted octanol–water partition coefficient (Wildman–Crippen LogP) is 4.57. The van der Waals surface area contributed by atoms with Gasteiger partial charge in [-0.1, -0.05) is 18.2 Å². The maximum Gasteiger partial charge on any atom is 0.229 e. The van der Waals surface area contributed by atoms with E-state index in [0.29, 0.717) is 17.3 Å². The number of amides is 1. The van der Waals surface area contributed by atoms with E-state index in [1.807, 2.05) is 60.4 Å². The molecular formula is C24H26N2O4. The minimum absolute atomic E-state index is 0.0147. The van der Waals surface area contributed by atoms with Gasteiger partial charge in [-0.3, -0.25) is 4.79 Å². The zero-order valence-corrected chi connectivity index (χ0v) is 17.6. The van der Waals surface area contributed by atoms with Crippen molar-refractivity contribution in [1.82, 2.24) is 9.88 Å². The van der Waals surface area contributed by atoms with Gasteiger partial charge in [0, 0.05) is 23.7 Å². The van der Waals surface area contributed by atoms with Gasteiger partial charge >= 0.3 is 0 Å². The molecule has 0 N–H and O–H groups in total. The van der Waals surface area contributed by atoms with Crippen molar-refractivity contribution in [3.63, 3.8) is 0 Å². The van der Waals surface area contributed by atoms with Crippen LogP contribution in [0.5, 0.6) is 11.5 Å². The second kappa shape index (κ2) is 8.61. The Morgan fingerprint density at radius 2 is 1.97 bits per heavy atom. The van der Waals surface area contributed by atoms with Crippen molar-refractivity contribution in [2.24, 2.45) is 0 Å². The van der Waals surface area contributed by atoms with Crippen LogP contribution in [-0.4, -0.2) is 36.6 Å². The number of ether oxygens (including phenoxy) is 2. The van der Waals surface area contributed by atoms with Gasteiger partial charge in [0.2, 0.25) is 11.8 Å². The van der Waals surface area contributed by atoms with Gasteiger partial charge in [-0.05, 0) is 44.0 Å². The summed E-state index contributed by atoms with van der Waals surface area (Å²) in [4.78, 5) is 19.7. The Kier molecular flexibility index (Phi) is 5.74. The molecule has 1 aliphatic heterocycles. The summed E-state index contributed by atoms with van der Waals surface area (Å²) < 4.78 is 16.7. The zero-order chi connectivity index (χ0) is 21.1. The summed E-state index contributed by atoms with van der Waals surface area (Å²) in [6.07, 6.45) is 2.08. The van der Waals surface area contributed by atoms with E-state index in [1.54, 1.807) is 14.2 Å². The van der Waals surface area contributed by atoms with E-state index in [1.165, 1.54) is 0 Å². The molecule has 1 saturated heterocycles. The van der Waals surface area contributed by atoms with Gasteiger partial charge in [0.25, 0.3) is 0 Å². The molecule has 0 unspecified atom stereocenters. The van der Waals surface area contributed by atoms with Gasteiger partial charge in [0.15, 0.2) is 0 Å². The molecule has 2 aromatic carbocycles. The summed E-state index contributed by atoms with van der Waals surface area (Å²) in [5.74, 6) is 2.75. The van der Waals surface area contributed by atoms with Gasteiger partial charge in [0.1, 0.15) is 17.3 Å². The highest BCUT2D eigenvalue weighted by Gasteiger charge is 2.32. The van der Waals surface area contributed by atoms with Crippen molar-refractivity contribution >= 4 is 5.91 Å². The number of carbonyl (C=O) groups is 1. The number of nitrogens with zero attached hydrogens (tertiary/aromatic N) is 2. The number of hydrogen-bond donors (Lipinski definition) is 0. The second-order valence-electron chi connectivity index (χ2n) is 7.42. The molecule has 0 radical (unpaired) electrons. The Bertz CT molecular complexity index is 1030. The monoisotopic (exact) mass is 406 g/mol. The van der Waals surface area contributed by atoms with E-state index < -0.39 is 0 Å². The molecule has 1 atom stereocenters. The van der Waals surface area contributed by atoms with Crippen LogP contribution in [0.1, 0.15) is 35.9 Å². The molecular weight excluding hydrogens is 380 g/mol. The van der Waals surface area contributed by atoms with Crippen LogP contribution in [0.3, 0.4) is 0 Å². The third kappa shape index (κ3) is 3.90. The van der Waals surface area contributed by atoms with Crippen LogP contribution in [0.15, 0.2) is 52.9 Å². The molecule has 30 heavy (non-hydrogen) atoms. The number of likely N-dealkylation sites (tertiary alicyclic amines) is 1. The Morgan fingerprint density at radius 1 is 1.17 bits per heavy atom. The quantitative estimate of drug-likeness (QED) is 0.600. The van der Waals surface area contributed by atoms with Crippen molar-refractivity contribution in [1.29, 1.82) is 0 Å². The van der Waals surface area contributed by atoms with Crippen LogP contribution in [0, 0.1) is 6.92 Å². The maximum atomic E-state index is 13.2. The number of benzene rings is 2. The molecule has 0 spiro atoms. The number of carbonyl (C=O) groups excluding carboxylic acids is 1. The molecule has 1 aromatic heterocycles. The summed E-state index contributed by atoms with van der Waals surface area (Å²) in [6.45, 7) is 2.58. The first kappa shape index (κ1) is 20.0. The Hall–Kier alpha value is -3.28. The van der Waals surface area contributed by atoms with Crippen LogP contribution in [0.2, 0.25) is 0 Å². The van der Waals surface area contributed by atoms with Crippen LogP contribution in [-0.2, 0) is 11.2 Å². The van der Waals surface area contributed by atoms with Crippen molar-refractivity contribution in [3.8, 4) is 23.0 Å². The van der Waals surface area contributed by atoms with Crippen molar-refractivity contribution in [3.05, 3.63) is 65.5 Å². The first-order valence-corrected chi connectivity index (χ1v) is 10.1. The molecule has 2 heterocycles. The smallest absolute Gasteiger partial charge is 0.229 e. The molecule has 156 valence electrons. The highest BCUT2D eigenvalue weighted by molar-refractivity contribution is 5.79. The number of methoxy groups -OCH3 is 2. The molecule has 1 amide bonds. The molecule has 0 bridgehead atoms. The minimum Gasteiger partial charge on any atom is -0.497 e. The SMILES string of the molecule is COc1ccc([C@H]2CCCN2C(=O)Cc2nc(-c3ccccc3)oc2C)c(OC)c1. The van der Waals surface area contributed by atoms with E-state index in [-0.39, 0.29) is 18.4 Å². The first-order chi connectivity index (χ1) is 14.6. The van der Waals surface area contributed by atoms with E-state index in [4.69, 9.17) is 13.9 Å². The van der Waals surface area contributed by atoms with Crippen LogP contribution < -0.4 is 9.47 Å². The highest BCUT2D eigenvalue weighted by Crippen LogP contribution is 2.39. The van der Waals surface area contributed by atoms with Crippen LogP contribution in [0.25, 0.3) is 11.5 Å². The molecule has 6 nitrogen and oxygen atoms in total. The fourth-order valence-electron chi connectivity index (χ4n) is 4.02. The molecule has 1 aliphatic rings. The highest BCUT2D eigenvalue weighted by atomic mass is 16.5. The summed E-state index contributed by atoms with van der Waals surface area (Å²) in [5, 5.41) is 0. The van der Waals surface area contributed by atoms with Crippen LogP contribution >= 0.6 is 0 Å². The van der Waals surface area contributed by atoms with Crippen molar-refractivity contribution in [2.45, 2.75) is 32.2 Å². The normalized spacial score (nSPS) is 16.0. The van der Waals surface area contributed by atoms with Crippen molar-refractivity contribution < 1.29 is 18.7 Å². The fourth-order valence-corrected chi connectivity index (χ4v) is 4.02. The van der Waals surface area contributed by atoms with E-state index in [0.717, 1.165) is 42.0 Å². The number of rotatable bonds is 6. The van der Waals surface area contributed by atoms with Gasteiger partial charge in [-0.2, -0.15) is 0 Å². The lowest BCUT2D eigenvalue weighted by molar-refractivity contribution is -0.131. The summed E-state index contributed by atoms with van der Waals surface area (Å²) in [7, 11) is 3.27. The zero-order valence-electron chi connectivity index (χ0n) is 17.6. The summed E-state index contributed by atoms with van der Waals surface area (Å²) in [6, 6.07) is 15.5. The van der Waals surface area contributed by atoms with Crippen molar-refractivity contribution in [2.75, 3.05) is 20.8 Å². The summed E-state index contributed by atoms with van der Waals surface area (Å²) >= 11 is 0. The Morgan fingerprint density at radius 3 is 2.70 bits per heavy atom. The van der Waals surface area contributed by atoms with Gasteiger partial charge in [-0.25, -0.2) is 4.98 Å². The molecule has 6 heteroatoms. The van der Waals surface area contributed by atoms with Gasteiger partial charge < -0.3 is 18.8 Å². The van der Waals surface area contributed by atoms with E-state index in [9.17, 15) is 4.79 Å². The fraction of sp³-hybridized carbons (Fsp3) is 0.333. The average molecular weight is 406 g/mol. The number of aryl methyl sites for hydroxylation is 1.